The molecule has 3 nitrogen and oxygen atoms in total. The summed E-state index contributed by atoms with van der Waals surface area (Å²) in [4.78, 5) is 17.6. The molecule has 0 aliphatic heterocycles. The van der Waals surface area contributed by atoms with E-state index in [1.165, 1.54) is 0 Å². The van der Waals surface area contributed by atoms with Gasteiger partial charge >= 0.3 is 0 Å². The molecule has 0 bridgehead atoms. The molecule has 1 N–H and O–H groups in total. The van der Waals surface area contributed by atoms with Gasteiger partial charge in [-0.15, -0.1) is 6.58 Å². The standard InChI is InChI=1S/C9H10O.C2H2O2/c1-2-5-8-6-3-4-7-9(8)10;3-1-2-4/h2-4,6-7,10H,1,5H2;1-2H. The van der Waals surface area contributed by atoms with Crippen LogP contribution in [0.1, 0.15) is 5.56 Å². The van der Waals surface area contributed by atoms with E-state index in [-0.39, 0.29) is 12.6 Å². The number of aromatic hydroxyl groups is 1. The summed E-state index contributed by atoms with van der Waals surface area (Å²) in [6.45, 7) is 3.59. The predicted octanol–water partition coefficient (Wildman–Crippen LogP) is 1.50. The highest BCUT2D eigenvalue weighted by Crippen LogP contribution is 2.15. The Balaban J connectivity index is 0.000000364. The number of benzene rings is 1. The fourth-order valence-electron chi connectivity index (χ4n) is 0.839. The highest BCUT2D eigenvalue weighted by molar-refractivity contribution is 6.09. The molecule has 0 unspecified atom stereocenters. The lowest BCUT2D eigenvalue weighted by Gasteiger charge is -1.97. The maximum atomic E-state index is 9.19. The minimum absolute atomic E-state index is 0.194. The Kier molecular flexibility index (Phi) is 6.68. The number of carbonyl (C=O) groups excluding carboxylic acids is 2. The van der Waals surface area contributed by atoms with Gasteiger partial charge in [0.25, 0.3) is 0 Å². The topological polar surface area (TPSA) is 54.4 Å². The second-order valence-corrected chi connectivity index (χ2v) is 2.39. The molecule has 0 radical (unpaired) electrons. The summed E-state index contributed by atoms with van der Waals surface area (Å²) in [6.07, 6.45) is 2.89. The van der Waals surface area contributed by atoms with Crippen LogP contribution >= 0.6 is 0 Å². The van der Waals surface area contributed by atoms with Crippen LogP contribution < -0.4 is 0 Å². The van der Waals surface area contributed by atoms with Crippen molar-refractivity contribution in [2.45, 2.75) is 6.42 Å². The van der Waals surface area contributed by atoms with Gasteiger partial charge in [-0.3, -0.25) is 9.59 Å². The van der Waals surface area contributed by atoms with Gasteiger partial charge in [-0.1, -0.05) is 24.3 Å². The lowest BCUT2D eigenvalue weighted by Crippen LogP contribution is -1.79. The average molecular weight is 192 g/mol. The maximum absolute atomic E-state index is 9.19. The van der Waals surface area contributed by atoms with Crippen molar-refractivity contribution in [2.75, 3.05) is 0 Å². The number of rotatable bonds is 3. The molecule has 1 aromatic rings. The molecule has 0 saturated carbocycles. The van der Waals surface area contributed by atoms with Gasteiger partial charge in [0.2, 0.25) is 0 Å². The fraction of sp³-hybridized carbons (Fsp3) is 0.0909. The molecule has 0 heterocycles. The molecule has 14 heavy (non-hydrogen) atoms. The van der Waals surface area contributed by atoms with Gasteiger partial charge in [-0.05, 0) is 18.1 Å². The van der Waals surface area contributed by atoms with Gasteiger partial charge < -0.3 is 5.11 Å². The third-order valence-corrected chi connectivity index (χ3v) is 1.41. The molecule has 0 aliphatic carbocycles. The van der Waals surface area contributed by atoms with Crippen LogP contribution in [0.5, 0.6) is 5.75 Å². The van der Waals surface area contributed by atoms with Crippen LogP contribution in [0.15, 0.2) is 36.9 Å². The van der Waals surface area contributed by atoms with Crippen LogP contribution in [0.3, 0.4) is 0 Å². The highest BCUT2D eigenvalue weighted by atomic mass is 16.3. The summed E-state index contributed by atoms with van der Waals surface area (Å²) in [6, 6.07) is 7.27. The molecule has 0 aliphatic rings. The minimum Gasteiger partial charge on any atom is -0.508 e. The third-order valence-electron chi connectivity index (χ3n) is 1.41. The fourth-order valence-corrected chi connectivity index (χ4v) is 0.839. The zero-order valence-electron chi connectivity index (χ0n) is 7.72. The molecule has 0 fully saturated rings. The Hall–Kier alpha value is -1.90. The molecule has 74 valence electrons. The summed E-state index contributed by atoms with van der Waals surface area (Å²) in [5.74, 6) is 0.349. The van der Waals surface area contributed by atoms with Crippen LogP contribution in [0.4, 0.5) is 0 Å². The number of phenols is 1. The van der Waals surface area contributed by atoms with E-state index in [0.29, 0.717) is 5.75 Å². The normalized spacial score (nSPS) is 8.00. The lowest BCUT2D eigenvalue weighted by atomic mass is 10.1. The number of phenolic OH excluding ortho intramolecular Hbond substituents is 1. The molecule has 0 spiro atoms. The van der Waals surface area contributed by atoms with E-state index in [0.717, 1.165) is 12.0 Å². The first-order chi connectivity index (χ1) is 6.76. The van der Waals surface area contributed by atoms with Crippen molar-refractivity contribution in [3.05, 3.63) is 42.5 Å². The number of carbonyl (C=O) groups is 2. The number of hydrogen-bond donors (Lipinski definition) is 1. The number of aldehydes is 2. The molecule has 3 heteroatoms. The van der Waals surface area contributed by atoms with Crippen molar-refractivity contribution < 1.29 is 14.7 Å². The van der Waals surface area contributed by atoms with E-state index in [4.69, 9.17) is 9.59 Å². The molecule has 1 rings (SSSR count). The smallest absolute Gasteiger partial charge is 0.182 e. The highest BCUT2D eigenvalue weighted by Gasteiger charge is 1.93. The van der Waals surface area contributed by atoms with Crippen molar-refractivity contribution in [3.8, 4) is 5.75 Å². The zero-order valence-corrected chi connectivity index (χ0v) is 7.72. The van der Waals surface area contributed by atoms with Gasteiger partial charge in [-0.25, -0.2) is 0 Å². The summed E-state index contributed by atoms with van der Waals surface area (Å²) in [5.41, 5.74) is 0.928. The predicted molar refractivity (Wildman–Crippen MR) is 54.1 cm³/mol. The van der Waals surface area contributed by atoms with Gasteiger partial charge in [-0.2, -0.15) is 0 Å². The molecular formula is C11H12O3. The Bertz CT molecular complexity index is 299. The first-order valence-corrected chi connectivity index (χ1v) is 4.03. The van der Waals surface area contributed by atoms with E-state index < -0.39 is 0 Å². The van der Waals surface area contributed by atoms with E-state index >= 15 is 0 Å². The van der Waals surface area contributed by atoms with Crippen LogP contribution in [-0.4, -0.2) is 17.7 Å². The number of allylic oxidation sites excluding steroid dienone is 1. The second-order valence-electron chi connectivity index (χ2n) is 2.39. The molecule has 1 aromatic carbocycles. The minimum atomic E-state index is 0.194. The van der Waals surface area contributed by atoms with Gasteiger partial charge in [0, 0.05) is 0 Å². The molecule has 0 aromatic heterocycles. The van der Waals surface area contributed by atoms with Crippen molar-refractivity contribution in [1.82, 2.24) is 0 Å². The van der Waals surface area contributed by atoms with Crippen LogP contribution in [0, 0.1) is 0 Å². The molecular weight excluding hydrogens is 180 g/mol. The Morgan fingerprint density at radius 2 is 1.79 bits per heavy atom. The van der Waals surface area contributed by atoms with Crippen LogP contribution in [-0.2, 0) is 16.0 Å². The molecule has 0 saturated heterocycles. The first-order valence-electron chi connectivity index (χ1n) is 4.03. The van der Waals surface area contributed by atoms with Crippen molar-refractivity contribution >= 4 is 12.6 Å². The monoisotopic (exact) mass is 192 g/mol. The van der Waals surface area contributed by atoms with Gasteiger partial charge in [0.1, 0.15) is 5.75 Å². The summed E-state index contributed by atoms with van der Waals surface area (Å²) < 4.78 is 0. The number of para-hydroxylation sites is 1. The van der Waals surface area contributed by atoms with Crippen molar-refractivity contribution in [3.63, 3.8) is 0 Å². The van der Waals surface area contributed by atoms with E-state index in [1.807, 2.05) is 18.2 Å². The zero-order chi connectivity index (χ0) is 10.8. The summed E-state index contributed by atoms with van der Waals surface area (Å²) in [7, 11) is 0. The third kappa shape index (κ3) is 4.87. The maximum Gasteiger partial charge on any atom is 0.182 e. The summed E-state index contributed by atoms with van der Waals surface area (Å²) in [5, 5.41) is 9.19. The second kappa shape index (κ2) is 7.73. The average Bonchev–Trinajstić information content (AvgIpc) is 2.22. The molecule has 0 amide bonds. The lowest BCUT2D eigenvalue weighted by molar-refractivity contribution is -0.122. The first kappa shape index (κ1) is 12.1. The van der Waals surface area contributed by atoms with Crippen molar-refractivity contribution in [1.29, 1.82) is 0 Å². The Morgan fingerprint density at radius 3 is 2.21 bits per heavy atom. The largest absolute Gasteiger partial charge is 0.508 e. The van der Waals surface area contributed by atoms with E-state index in [2.05, 4.69) is 6.58 Å². The Labute approximate surface area is 82.7 Å². The van der Waals surface area contributed by atoms with Gasteiger partial charge in [0.15, 0.2) is 12.6 Å². The summed E-state index contributed by atoms with van der Waals surface area (Å²) >= 11 is 0. The van der Waals surface area contributed by atoms with E-state index in [9.17, 15) is 5.11 Å². The number of hydrogen-bond acceptors (Lipinski definition) is 3. The SMILES string of the molecule is C=CCc1ccccc1O.O=CC=O. The Morgan fingerprint density at radius 1 is 1.21 bits per heavy atom. The van der Waals surface area contributed by atoms with Crippen LogP contribution in [0.2, 0.25) is 0 Å². The van der Waals surface area contributed by atoms with E-state index in [1.54, 1.807) is 12.1 Å². The van der Waals surface area contributed by atoms with Gasteiger partial charge in [0.05, 0.1) is 0 Å². The molecule has 0 atom stereocenters. The van der Waals surface area contributed by atoms with Crippen molar-refractivity contribution in [2.24, 2.45) is 0 Å². The van der Waals surface area contributed by atoms with Crippen LogP contribution in [0.25, 0.3) is 0 Å². The quantitative estimate of drug-likeness (QED) is 0.448.